The second kappa shape index (κ2) is 12.8. The van der Waals surface area contributed by atoms with Crippen LogP contribution >= 0.6 is 0 Å². The highest BCUT2D eigenvalue weighted by Crippen LogP contribution is 2.49. The number of halogens is 4. The lowest BCUT2D eigenvalue weighted by Crippen LogP contribution is -2.30. The number of carbonyl (C=O) groups is 1. The summed E-state index contributed by atoms with van der Waals surface area (Å²) >= 11 is 0. The second-order valence-corrected chi connectivity index (χ2v) is 10.8. The minimum atomic E-state index is -1.34. The molecule has 2 aromatic rings. The smallest absolute Gasteiger partial charge is 0.346 e. The molecule has 6 heteroatoms. The first-order chi connectivity index (χ1) is 18.3. The number of benzene rings is 2. The van der Waals surface area contributed by atoms with Crippen molar-refractivity contribution in [2.45, 2.75) is 77.0 Å². The third-order valence-corrected chi connectivity index (χ3v) is 8.42. The fourth-order valence-corrected chi connectivity index (χ4v) is 6.32. The highest BCUT2D eigenvalue weighted by molar-refractivity contribution is 5.91. The quantitative estimate of drug-likeness (QED) is 0.140. The van der Waals surface area contributed by atoms with Gasteiger partial charge in [0.05, 0.1) is 5.56 Å². The zero-order valence-electron chi connectivity index (χ0n) is 22.0. The van der Waals surface area contributed by atoms with Crippen molar-refractivity contribution in [3.63, 3.8) is 0 Å². The molecule has 0 spiro atoms. The number of allylic oxidation sites excluding steroid dienone is 3. The summed E-state index contributed by atoms with van der Waals surface area (Å²) in [4.78, 5) is 12.6. The molecule has 0 amide bonds. The van der Waals surface area contributed by atoms with E-state index in [4.69, 9.17) is 4.74 Å². The summed E-state index contributed by atoms with van der Waals surface area (Å²) in [6.07, 6.45) is 15.0. The predicted molar refractivity (Wildman–Crippen MR) is 141 cm³/mol. The summed E-state index contributed by atoms with van der Waals surface area (Å²) < 4.78 is 63.9. The van der Waals surface area contributed by atoms with Crippen LogP contribution < -0.4 is 4.74 Å². The van der Waals surface area contributed by atoms with Crippen LogP contribution in [0.3, 0.4) is 0 Å². The maximum Gasteiger partial charge on any atom is 0.346 e. The zero-order valence-corrected chi connectivity index (χ0v) is 22.0. The lowest BCUT2D eigenvalue weighted by molar-refractivity contribution is 0.0720. The van der Waals surface area contributed by atoms with Crippen LogP contribution in [0.5, 0.6) is 5.75 Å². The van der Waals surface area contributed by atoms with Gasteiger partial charge in [-0.2, -0.15) is 4.39 Å². The molecule has 0 radical (unpaired) electrons. The molecule has 4 rings (SSSR count). The number of esters is 1. The van der Waals surface area contributed by atoms with Crippen molar-refractivity contribution < 1.29 is 27.1 Å². The SMILES string of the molecule is C=CCCc1ccc(OC(=O)c2ccc(C3CCC4CC(CC/C=C/C)CCC4C3)c(F)c2F)c(F)c1F. The van der Waals surface area contributed by atoms with Crippen LogP contribution in [-0.2, 0) is 6.42 Å². The van der Waals surface area contributed by atoms with Gasteiger partial charge in [-0.05, 0) is 112 Å². The van der Waals surface area contributed by atoms with Gasteiger partial charge in [0.2, 0.25) is 5.82 Å². The fraction of sp³-hybridized carbons (Fsp3) is 0.469. The molecule has 2 fully saturated rings. The standard InChI is InChI=1S/C32H36F4O2/c1-3-5-7-8-20-10-11-23-19-24(13-12-22(23)18-20)25-15-16-26(30(35)29(25)34)32(37)38-27-17-14-21(9-6-4-2)28(33)31(27)36/h3-5,14-17,20,22-24H,2,6-13,18-19H2,1H3/b5-3+. The average Bonchev–Trinajstić information content (AvgIpc) is 2.92. The molecule has 2 nitrogen and oxygen atoms in total. The molecule has 4 atom stereocenters. The summed E-state index contributed by atoms with van der Waals surface area (Å²) in [5.74, 6) is -5.02. The fourth-order valence-electron chi connectivity index (χ4n) is 6.32. The summed E-state index contributed by atoms with van der Waals surface area (Å²) in [6, 6.07) is 5.05. The van der Waals surface area contributed by atoms with Gasteiger partial charge in [0, 0.05) is 0 Å². The molecule has 0 aliphatic heterocycles. The van der Waals surface area contributed by atoms with Crippen LogP contribution in [-0.4, -0.2) is 5.97 Å². The third-order valence-electron chi connectivity index (χ3n) is 8.42. The van der Waals surface area contributed by atoms with Crippen molar-refractivity contribution in [1.29, 1.82) is 0 Å². The molecule has 0 N–H and O–H groups in total. The maximum absolute atomic E-state index is 15.2. The Balaban J connectivity index is 1.42. The van der Waals surface area contributed by atoms with Gasteiger partial charge in [0.1, 0.15) is 0 Å². The predicted octanol–water partition coefficient (Wildman–Crippen LogP) is 9.24. The van der Waals surface area contributed by atoms with Crippen molar-refractivity contribution in [2.24, 2.45) is 17.8 Å². The molecule has 2 aromatic carbocycles. The lowest BCUT2D eigenvalue weighted by Gasteiger charge is -2.42. The van der Waals surface area contributed by atoms with Gasteiger partial charge in [0.15, 0.2) is 23.2 Å². The Morgan fingerprint density at radius 1 is 0.921 bits per heavy atom. The van der Waals surface area contributed by atoms with E-state index in [-0.39, 0.29) is 23.5 Å². The van der Waals surface area contributed by atoms with Crippen molar-refractivity contribution in [3.8, 4) is 5.75 Å². The van der Waals surface area contributed by atoms with E-state index in [1.54, 1.807) is 6.08 Å². The summed E-state index contributed by atoms with van der Waals surface area (Å²) in [6.45, 7) is 5.59. The van der Waals surface area contributed by atoms with E-state index in [1.807, 2.05) is 6.92 Å². The molecule has 2 aliphatic carbocycles. The van der Waals surface area contributed by atoms with Gasteiger partial charge in [0.25, 0.3) is 0 Å². The molecule has 204 valence electrons. The number of aryl methyl sites for hydroxylation is 1. The van der Waals surface area contributed by atoms with E-state index in [9.17, 15) is 13.6 Å². The Bertz CT molecular complexity index is 1190. The largest absolute Gasteiger partial charge is 0.420 e. The van der Waals surface area contributed by atoms with E-state index in [2.05, 4.69) is 18.7 Å². The normalized spacial score (nSPS) is 23.3. The van der Waals surface area contributed by atoms with Crippen LogP contribution in [0.4, 0.5) is 17.6 Å². The number of carbonyl (C=O) groups excluding carboxylic acids is 1. The number of hydrogen-bond donors (Lipinski definition) is 0. The van der Waals surface area contributed by atoms with E-state index in [0.717, 1.165) is 44.1 Å². The topological polar surface area (TPSA) is 26.3 Å². The van der Waals surface area contributed by atoms with Crippen LogP contribution in [0.1, 0.15) is 92.1 Å². The molecule has 2 saturated carbocycles. The Hall–Kier alpha value is -2.89. The van der Waals surface area contributed by atoms with E-state index in [0.29, 0.717) is 18.3 Å². The highest BCUT2D eigenvalue weighted by Gasteiger charge is 2.37. The van der Waals surface area contributed by atoms with Crippen LogP contribution in [0.2, 0.25) is 0 Å². The van der Waals surface area contributed by atoms with Gasteiger partial charge >= 0.3 is 5.97 Å². The van der Waals surface area contributed by atoms with Gasteiger partial charge < -0.3 is 4.74 Å². The van der Waals surface area contributed by atoms with E-state index < -0.39 is 40.6 Å². The molecular weight excluding hydrogens is 492 g/mol. The molecule has 0 aromatic heterocycles. The van der Waals surface area contributed by atoms with E-state index >= 15 is 8.78 Å². The van der Waals surface area contributed by atoms with Crippen molar-refractivity contribution in [3.05, 3.63) is 89.0 Å². The number of hydrogen-bond acceptors (Lipinski definition) is 2. The van der Waals surface area contributed by atoms with Crippen LogP contribution in [0, 0.1) is 41.0 Å². The summed E-state index contributed by atoms with van der Waals surface area (Å²) in [5, 5.41) is 0. The zero-order chi connectivity index (χ0) is 27.2. The number of rotatable bonds is 9. The average molecular weight is 529 g/mol. The second-order valence-electron chi connectivity index (χ2n) is 10.8. The third kappa shape index (κ3) is 6.22. The van der Waals surface area contributed by atoms with Gasteiger partial charge in [-0.15, -0.1) is 6.58 Å². The van der Waals surface area contributed by atoms with Crippen molar-refractivity contribution >= 4 is 5.97 Å². The monoisotopic (exact) mass is 528 g/mol. The molecule has 38 heavy (non-hydrogen) atoms. The first kappa shape index (κ1) is 28.1. The van der Waals surface area contributed by atoms with Crippen LogP contribution in [0.15, 0.2) is 49.1 Å². The Morgan fingerprint density at radius 2 is 1.68 bits per heavy atom. The molecule has 0 saturated heterocycles. The summed E-state index contributed by atoms with van der Waals surface area (Å²) in [5.41, 5.74) is -0.255. The lowest BCUT2D eigenvalue weighted by atomic mass is 9.63. The maximum atomic E-state index is 15.2. The molecule has 4 unspecified atom stereocenters. The Kier molecular flexibility index (Phi) is 9.45. The number of fused-ring (bicyclic) bond motifs is 1. The van der Waals surface area contributed by atoms with Gasteiger partial charge in [-0.25, -0.2) is 18.0 Å². The minimum Gasteiger partial charge on any atom is -0.420 e. The summed E-state index contributed by atoms with van der Waals surface area (Å²) in [7, 11) is 0. The molecular formula is C32H36F4O2. The van der Waals surface area contributed by atoms with Gasteiger partial charge in [-0.3, -0.25) is 0 Å². The first-order valence-electron chi connectivity index (χ1n) is 13.7. The van der Waals surface area contributed by atoms with Crippen molar-refractivity contribution in [2.75, 3.05) is 0 Å². The van der Waals surface area contributed by atoms with Gasteiger partial charge in [-0.1, -0.05) is 36.8 Å². The molecule has 0 bridgehead atoms. The number of ether oxygens (including phenoxy) is 1. The first-order valence-corrected chi connectivity index (χ1v) is 13.7. The Morgan fingerprint density at radius 3 is 2.45 bits per heavy atom. The molecule has 2 aliphatic rings. The minimum absolute atomic E-state index is 0.106. The molecule has 0 heterocycles. The van der Waals surface area contributed by atoms with Crippen LogP contribution in [0.25, 0.3) is 0 Å². The highest BCUT2D eigenvalue weighted by atomic mass is 19.2. The Labute approximate surface area is 222 Å². The van der Waals surface area contributed by atoms with Crippen molar-refractivity contribution in [1.82, 2.24) is 0 Å². The van der Waals surface area contributed by atoms with E-state index in [1.165, 1.54) is 37.5 Å².